The van der Waals surface area contributed by atoms with E-state index >= 15 is 0 Å². The molecule has 2 rings (SSSR count). The quantitative estimate of drug-likeness (QED) is 0.677. The van der Waals surface area contributed by atoms with Crippen LogP contribution in [0.4, 0.5) is 5.69 Å². The topological polar surface area (TPSA) is 97.8 Å². The molecule has 1 aromatic carbocycles. The standard InChI is InChI=1S/C11H5BrN6/c12-8-1-2-9(18-17-7(5-13)6-14)11-10(8)15-3-4-16-11/h1-4,18H. The summed E-state index contributed by atoms with van der Waals surface area (Å²) in [5.41, 5.74) is 4.23. The highest BCUT2D eigenvalue weighted by Crippen LogP contribution is 2.26. The third-order valence-corrected chi connectivity index (χ3v) is 2.72. The molecule has 0 unspecified atom stereocenters. The van der Waals surface area contributed by atoms with E-state index in [2.05, 4.69) is 36.4 Å². The zero-order valence-corrected chi connectivity index (χ0v) is 10.5. The van der Waals surface area contributed by atoms with Gasteiger partial charge in [0.15, 0.2) is 0 Å². The van der Waals surface area contributed by atoms with E-state index in [1.54, 1.807) is 36.7 Å². The molecule has 1 aromatic heterocycles. The van der Waals surface area contributed by atoms with Crippen LogP contribution in [0.2, 0.25) is 0 Å². The molecule has 0 bridgehead atoms. The van der Waals surface area contributed by atoms with Gasteiger partial charge in [0, 0.05) is 16.9 Å². The van der Waals surface area contributed by atoms with Crippen LogP contribution in [0.1, 0.15) is 0 Å². The van der Waals surface area contributed by atoms with Gasteiger partial charge in [0.1, 0.15) is 23.2 Å². The molecule has 18 heavy (non-hydrogen) atoms. The van der Waals surface area contributed by atoms with E-state index in [1.165, 1.54) is 0 Å². The number of hydrogen-bond donors (Lipinski definition) is 1. The van der Waals surface area contributed by atoms with Crippen LogP contribution in [0.3, 0.4) is 0 Å². The van der Waals surface area contributed by atoms with Crippen LogP contribution in [0.5, 0.6) is 0 Å². The highest BCUT2D eigenvalue weighted by Gasteiger charge is 2.06. The second kappa shape index (κ2) is 5.21. The Morgan fingerprint density at radius 3 is 2.50 bits per heavy atom. The number of benzene rings is 1. The molecule has 6 nitrogen and oxygen atoms in total. The fourth-order valence-electron chi connectivity index (χ4n) is 1.31. The lowest BCUT2D eigenvalue weighted by molar-refractivity contribution is 1.27. The third-order valence-electron chi connectivity index (χ3n) is 2.08. The van der Waals surface area contributed by atoms with Crippen molar-refractivity contribution in [1.82, 2.24) is 9.97 Å². The van der Waals surface area contributed by atoms with Crippen molar-refractivity contribution in [3.8, 4) is 12.1 Å². The highest BCUT2D eigenvalue weighted by atomic mass is 79.9. The van der Waals surface area contributed by atoms with E-state index in [1.807, 2.05) is 0 Å². The van der Waals surface area contributed by atoms with Crippen LogP contribution >= 0.6 is 15.9 Å². The van der Waals surface area contributed by atoms with E-state index in [-0.39, 0.29) is 5.71 Å². The Labute approximate surface area is 111 Å². The van der Waals surface area contributed by atoms with Crippen molar-refractivity contribution >= 4 is 38.4 Å². The monoisotopic (exact) mass is 300 g/mol. The first-order valence-electron chi connectivity index (χ1n) is 4.79. The Morgan fingerprint density at radius 1 is 1.17 bits per heavy atom. The predicted molar refractivity (Wildman–Crippen MR) is 69.5 cm³/mol. The number of anilines is 1. The van der Waals surface area contributed by atoms with Crippen LogP contribution in [0.25, 0.3) is 11.0 Å². The lowest BCUT2D eigenvalue weighted by Gasteiger charge is -2.05. The van der Waals surface area contributed by atoms with Gasteiger partial charge in [-0.05, 0) is 28.1 Å². The maximum absolute atomic E-state index is 8.58. The van der Waals surface area contributed by atoms with Gasteiger partial charge in [-0.25, -0.2) is 0 Å². The average Bonchev–Trinajstić information content (AvgIpc) is 2.42. The van der Waals surface area contributed by atoms with Crippen molar-refractivity contribution < 1.29 is 0 Å². The number of hydrazone groups is 1. The van der Waals surface area contributed by atoms with Crippen LogP contribution in [-0.4, -0.2) is 15.7 Å². The first-order chi connectivity index (χ1) is 8.76. The Balaban J connectivity index is 2.48. The normalized spacial score (nSPS) is 9.28. The zero-order valence-electron chi connectivity index (χ0n) is 8.92. The minimum Gasteiger partial charge on any atom is -0.274 e. The maximum Gasteiger partial charge on any atom is 0.237 e. The summed E-state index contributed by atoms with van der Waals surface area (Å²) in [6.45, 7) is 0. The largest absolute Gasteiger partial charge is 0.274 e. The van der Waals surface area contributed by atoms with Gasteiger partial charge in [-0.15, -0.1) is 0 Å². The van der Waals surface area contributed by atoms with Crippen molar-refractivity contribution in [3.63, 3.8) is 0 Å². The number of nitrogens with one attached hydrogen (secondary N) is 1. The molecule has 0 saturated carbocycles. The average molecular weight is 301 g/mol. The van der Waals surface area contributed by atoms with Crippen LogP contribution in [0.15, 0.2) is 34.1 Å². The summed E-state index contributed by atoms with van der Waals surface area (Å²) < 4.78 is 0.806. The Hall–Kier alpha value is -2.51. The summed E-state index contributed by atoms with van der Waals surface area (Å²) in [5.74, 6) is 0. The van der Waals surface area contributed by atoms with Gasteiger partial charge in [0.2, 0.25) is 5.71 Å². The molecular formula is C11H5BrN6. The van der Waals surface area contributed by atoms with E-state index in [0.717, 1.165) is 4.47 Å². The van der Waals surface area contributed by atoms with Crippen LogP contribution in [0, 0.1) is 22.7 Å². The first-order valence-corrected chi connectivity index (χ1v) is 5.58. The maximum atomic E-state index is 8.58. The number of fused-ring (bicyclic) bond motifs is 1. The third kappa shape index (κ3) is 2.26. The van der Waals surface area contributed by atoms with Crippen molar-refractivity contribution in [2.45, 2.75) is 0 Å². The number of nitrogens with zero attached hydrogens (tertiary/aromatic N) is 5. The van der Waals surface area contributed by atoms with Crippen molar-refractivity contribution in [2.24, 2.45) is 5.10 Å². The van der Waals surface area contributed by atoms with E-state index < -0.39 is 0 Å². The smallest absolute Gasteiger partial charge is 0.237 e. The number of hydrogen-bond acceptors (Lipinski definition) is 6. The molecule has 0 aliphatic carbocycles. The van der Waals surface area contributed by atoms with Gasteiger partial charge in [-0.2, -0.15) is 15.6 Å². The fraction of sp³-hybridized carbons (Fsp3) is 0. The number of rotatable bonds is 2. The summed E-state index contributed by atoms with van der Waals surface area (Å²) in [6.07, 6.45) is 3.13. The molecule has 1 N–H and O–H groups in total. The molecule has 0 fully saturated rings. The predicted octanol–water partition coefficient (Wildman–Crippen LogP) is 2.21. The number of aromatic nitrogens is 2. The minimum atomic E-state index is -0.255. The highest BCUT2D eigenvalue weighted by molar-refractivity contribution is 9.10. The summed E-state index contributed by atoms with van der Waals surface area (Å²) >= 11 is 3.37. The molecule has 86 valence electrons. The molecule has 0 amide bonds. The molecular weight excluding hydrogens is 296 g/mol. The van der Waals surface area contributed by atoms with Gasteiger partial charge < -0.3 is 0 Å². The Bertz CT molecular complexity index is 694. The van der Waals surface area contributed by atoms with Gasteiger partial charge in [0.05, 0.1) is 5.69 Å². The molecule has 0 radical (unpaired) electrons. The molecule has 7 heteroatoms. The van der Waals surface area contributed by atoms with Crippen molar-refractivity contribution in [2.75, 3.05) is 5.43 Å². The lowest BCUT2D eigenvalue weighted by Crippen LogP contribution is -1.98. The van der Waals surface area contributed by atoms with Gasteiger partial charge in [0.25, 0.3) is 0 Å². The second-order valence-electron chi connectivity index (χ2n) is 3.14. The van der Waals surface area contributed by atoms with Crippen molar-refractivity contribution in [1.29, 1.82) is 10.5 Å². The molecule has 0 aliphatic rings. The van der Waals surface area contributed by atoms with E-state index in [0.29, 0.717) is 16.7 Å². The SMILES string of the molecule is N#CC(C#N)=NNc1ccc(Br)c2nccnc12. The van der Waals surface area contributed by atoms with E-state index in [9.17, 15) is 0 Å². The number of nitriles is 2. The van der Waals surface area contributed by atoms with Gasteiger partial charge in [-0.3, -0.25) is 15.4 Å². The minimum absolute atomic E-state index is 0.255. The van der Waals surface area contributed by atoms with Gasteiger partial charge >= 0.3 is 0 Å². The zero-order chi connectivity index (χ0) is 13.0. The molecule has 0 saturated heterocycles. The molecule has 0 aliphatic heterocycles. The van der Waals surface area contributed by atoms with E-state index in [4.69, 9.17) is 10.5 Å². The Kier molecular flexibility index (Phi) is 3.46. The molecule has 0 spiro atoms. The number of halogens is 1. The second-order valence-corrected chi connectivity index (χ2v) is 4.00. The Morgan fingerprint density at radius 2 is 1.83 bits per heavy atom. The van der Waals surface area contributed by atoms with Crippen molar-refractivity contribution in [3.05, 3.63) is 29.0 Å². The summed E-state index contributed by atoms with van der Waals surface area (Å²) in [4.78, 5) is 8.36. The first kappa shape index (κ1) is 12.0. The van der Waals surface area contributed by atoms with Gasteiger partial charge in [-0.1, -0.05) is 0 Å². The lowest BCUT2D eigenvalue weighted by atomic mass is 10.2. The fourth-order valence-corrected chi connectivity index (χ4v) is 1.73. The molecule has 2 aromatic rings. The molecule has 1 heterocycles. The summed E-state index contributed by atoms with van der Waals surface area (Å²) in [5, 5.41) is 20.8. The molecule has 0 atom stereocenters. The van der Waals surface area contributed by atoms with Crippen LogP contribution in [-0.2, 0) is 0 Å². The van der Waals surface area contributed by atoms with Crippen LogP contribution < -0.4 is 5.43 Å². The summed E-state index contributed by atoms with van der Waals surface area (Å²) in [6, 6.07) is 6.84. The summed E-state index contributed by atoms with van der Waals surface area (Å²) in [7, 11) is 0.